The molecular weight excluding hydrogens is 387 g/mol. The Morgan fingerprint density at radius 3 is 1.38 bits per heavy atom. The molecule has 0 aromatic heterocycles. The summed E-state index contributed by atoms with van der Waals surface area (Å²) in [5.74, 6) is 2.72. The second-order valence-corrected chi connectivity index (χ2v) is 9.26. The van der Waals surface area contributed by atoms with Crippen molar-refractivity contribution in [1.29, 1.82) is 0 Å². The Morgan fingerprint density at radius 1 is 0.621 bits per heavy atom. The maximum atomic E-state index is 14.5. The molecule has 0 unspecified atom stereocenters. The average Bonchev–Trinajstić information content (AvgIpc) is 2.79. The highest BCUT2D eigenvalue weighted by Crippen LogP contribution is 2.50. The summed E-state index contributed by atoms with van der Waals surface area (Å²) in [6.45, 7) is 0. The molecule has 3 rings (SSSR count). The van der Waals surface area contributed by atoms with Gasteiger partial charge in [-0.25, -0.2) is 0 Å². The van der Waals surface area contributed by atoms with Crippen LogP contribution in [-0.2, 0) is 10.7 Å². The Bertz CT molecular complexity index is 923. The maximum absolute atomic E-state index is 14.5. The molecule has 29 heavy (non-hydrogen) atoms. The van der Waals surface area contributed by atoms with E-state index in [1.807, 2.05) is 66.7 Å². The Labute approximate surface area is 171 Å². The van der Waals surface area contributed by atoms with Crippen molar-refractivity contribution in [3.63, 3.8) is 0 Å². The molecular formula is C23H25O5P. The summed E-state index contributed by atoms with van der Waals surface area (Å²) < 4.78 is 36.1. The third-order valence-electron chi connectivity index (χ3n) is 4.89. The minimum absolute atomic E-state index is 0.263. The molecule has 0 aliphatic heterocycles. The van der Waals surface area contributed by atoms with E-state index < -0.39 is 7.14 Å². The molecule has 0 saturated carbocycles. The first kappa shape index (κ1) is 20.8. The van der Waals surface area contributed by atoms with Crippen LogP contribution < -0.4 is 29.6 Å². The van der Waals surface area contributed by atoms with E-state index in [1.165, 1.54) is 0 Å². The van der Waals surface area contributed by atoms with Gasteiger partial charge in [0.2, 0.25) is 0 Å². The van der Waals surface area contributed by atoms with Crippen LogP contribution in [0.15, 0.2) is 66.7 Å². The van der Waals surface area contributed by atoms with Gasteiger partial charge in [0, 0.05) is 22.3 Å². The molecule has 5 nitrogen and oxygen atoms in total. The van der Waals surface area contributed by atoms with Gasteiger partial charge in [0.05, 0.1) is 28.4 Å². The Morgan fingerprint density at radius 2 is 1.03 bits per heavy atom. The third-order valence-corrected chi connectivity index (χ3v) is 7.92. The number of hydrogen-bond acceptors (Lipinski definition) is 5. The molecule has 0 N–H and O–H groups in total. The molecule has 0 aliphatic rings. The van der Waals surface area contributed by atoms with Crippen LogP contribution in [-0.4, -0.2) is 28.4 Å². The van der Waals surface area contributed by atoms with Crippen molar-refractivity contribution in [1.82, 2.24) is 0 Å². The third kappa shape index (κ3) is 4.25. The van der Waals surface area contributed by atoms with Gasteiger partial charge in [-0.3, -0.25) is 0 Å². The molecule has 0 radical (unpaired) electrons. The minimum Gasteiger partial charge on any atom is -0.497 e. The predicted molar refractivity (Wildman–Crippen MR) is 116 cm³/mol. The smallest absolute Gasteiger partial charge is 0.147 e. The number of methoxy groups -OCH3 is 4. The molecule has 0 spiro atoms. The van der Waals surface area contributed by atoms with E-state index >= 15 is 0 Å². The first-order valence-corrected chi connectivity index (χ1v) is 11.0. The van der Waals surface area contributed by atoms with Crippen LogP contribution in [0, 0.1) is 0 Å². The van der Waals surface area contributed by atoms with E-state index in [1.54, 1.807) is 28.4 Å². The Balaban J connectivity index is 2.16. The zero-order valence-corrected chi connectivity index (χ0v) is 17.9. The lowest BCUT2D eigenvalue weighted by atomic mass is 10.2. The van der Waals surface area contributed by atoms with E-state index in [0.717, 1.165) is 16.2 Å². The van der Waals surface area contributed by atoms with E-state index in [4.69, 9.17) is 18.9 Å². The van der Waals surface area contributed by atoms with Gasteiger partial charge in [0.1, 0.15) is 30.1 Å². The van der Waals surface area contributed by atoms with Crippen molar-refractivity contribution in [2.45, 2.75) is 6.16 Å². The molecule has 0 fully saturated rings. The summed E-state index contributed by atoms with van der Waals surface area (Å²) in [4.78, 5) is 0. The SMILES string of the molecule is COc1ccc(P(=O)(Cc2c(OC)cccc2OC)c2ccc(OC)cc2)cc1. The van der Waals surface area contributed by atoms with Crippen molar-refractivity contribution >= 4 is 17.8 Å². The van der Waals surface area contributed by atoms with Crippen molar-refractivity contribution in [3.05, 3.63) is 72.3 Å². The van der Waals surface area contributed by atoms with Gasteiger partial charge >= 0.3 is 0 Å². The van der Waals surface area contributed by atoms with Gasteiger partial charge in [0.15, 0.2) is 0 Å². The largest absolute Gasteiger partial charge is 0.497 e. The fraction of sp³-hybridized carbons (Fsp3) is 0.217. The zero-order chi connectivity index (χ0) is 20.9. The summed E-state index contributed by atoms with van der Waals surface area (Å²) in [5.41, 5.74) is 0.771. The van der Waals surface area contributed by atoms with Crippen LogP contribution in [0.2, 0.25) is 0 Å². The van der Waals surface area contributed by atoms with Crippen LogP contribution in [0.3, 0.4) is 0 Å². The lowest BCUT2D eigenvalue weighted by molar-refractivity contribution is 0.387. The Kier molecular flexibility index (Phi) is 6.50. The van der Waals surface area contributed by atoms with Crippen LogP contribution in [0.5, 0.6) is 23.0 Å². The first-order chi connectivity index (χ1) is 14.0. The molecule has 0 heterocycles. The van der Waals surface area contributed by atoms with Crippen molar-refractivity contribution in [3.8, 4) is 23.0 Å². The molecule has 3 aromatic rings. The van der Waals surface area contributed by atoms with Crippen molar-refractivity contribution in [2.75, 3.05) is 28.4 Å². The average molecular weight is 412 g/mol. The van der Waals surface area contributed by atoms with Gasteiger partial charge < -0.3 is 23.5 Å². The topological polar surface area (TPSA) is 54.0 Å². The fourth-order valence-electron chi connectivity index (χ4n) is 3.28. The highest BCUT2D eigenvalue weighted by Gasteiger charge is 2.30. The van der Waals surface area contributed by atoms with Gasteiger partial charge in [0.25, 0.3) is 0 Å². The lowest BCUT2D eigenvalue weighted by Crippen LogP contribution is -2.18. The number of rotatable bonds is 8. The van der Waals surface area contributed by atoms with Gasteiger partial charge in [-0.15, -0.1) is 0 Å². The molecule has 0 amide bonds. The Hall–Kier alpha value is -2.91. The summed E-state index contributed by atoms with van der Waals surface area (Å²) >= 11 is 0. The summed E-state index contributed by atoms with van der Waals surface area (Å²) in [6.07, 6.45) is 0.263. The van der Waals surface area contributed by atoms with Gasteiger partial charge in [-0.05, 0) is 60.7 Å². The molecule has 0 atom stereocenters. The van der Waals surface area contributed by atoms with Crippen molar-refractivity contribution < 1.29 is 23.5 Å². The highest BCUT2D eigenvalue weighted by molar-refractivity contribution is 7.78. The second-order valence-electron chi connectivity index (χ2n) is 6.43. The number of benzene rings is 3. The zero-order valence-electron chi connectivity index (χ0n) is 17.0. The second kappa shape index (κ2) is 9.06. The number of ether oxygens (including phenoxy) is 4. The van der Waals surface area contributed by atoms with E-state index in [2.05, 4.69) is 0 Å². The molecule has 3 aromatic carbocycles. The van der Waals surface area contributed by atoms with Crippen LogP contribution in [0.25, 0.3) is 0 Å². The first-order valence-electron chi connectivity index (χ1n) is 9.14. The molecule has 152 valence electrons. The van der Waals surface area contributed by atoms with E-state index in [-0.39, 0.29) is 6.16 Å². The summed E-state index contributed by atoms with van der Waals surface area (Å²) in [7, 11) is 3.36. The highest BCUT2D eigenvalue weighted by atomic mass is 31.2. The minimum atomic E-state index is -3.06. The number of hydrogen-bond donors (Lipinski definition) is 0. The molecule has 0 aliphatic carbocycles. The monoisotopic (exact) mass is 412 g/mol. The fourth-order valence-corrected chi connectivity index (χ4v) is 5.97. The quantitative estimate of drug-likeness (QED) is 0.518. The van der Waals surface area contributed by atoms with Crippen LogP contribution in [0.1, 0.15) is 5.56 Å². The molecule has 0 bridgehead atoms. The molecule has 0 saturated heterocycles. The summed E-state index contributed by atoms with van der Waals surface area (Å²) in [5, 5.41) is 1.47. The van der Waals surface area contributed by atoms with Gasteiger partial charge in [-0.2, -0.15) is 0 Å². The van der Waals surface area contributed by atoms with E-state index in [0.29, 0.717) is 23.0 Å². The van der Waals surface area contributed by atoms with Gasteiger partial charge in [-0.1, -0.05) is 6.07 Å². The standard InChI is InChI=1S/C23H25O5P/c1-25-17-8-12-19(13-9-17)29(24,20-14-10-18(26-2)11-15-20)16-21-22(27-3)6-5-7-23(21)28-4/h5-15H,16H2,1-4H3. The maximum Gasteiger partial charge on any atom is 0.147 e. The normalized spacial score (nSPS) is 11.0. The van der Waals surface area contributed by atoms with Crippen LogP contribution >= 0.6 is 7.14 Å². The summed E-state index contributed by atoms with van der Waals surface area (Å²) in [6, 6.07) is 20.3. The van der Waals surface area contributed by atoms with Crippen molar-refractivity contribution in [2.24, 2.45) is 0 Å². The lowest BCUT2D eigenvalue weighted by Gasteiger charge is -2.22. The van der Waals surface area contributed by atoms with E-state index in [9.17, 15) is 4.57 Å². The molecule has 6 heteroatoms. The predicted octanol–water partition coefficient (Wildman–Crippen LogP) is 4.24. The van der Waals surface area contributed by atoms with Crippen LogP contribution in [0.4, 0.5) is 0 Å².